The molecule has 6 nitrogen and oxygen atoms in total. The number of halogens is 1. The Hall–Kier alpha value is -2.57. The molecule has 0 saturated carbocycles. The number of amides is 1. The number of aromatic nitrogens is 3. The number of pyridine rings is 1. The molecule has 0 aliphatic carbocycles. The van der Waals surface area contributed by atoms with E-state index in [1.165, 1.54) is 18.3 Å². The molecule has 2 heterocycles. The largest absolute Gasteiger partial charge is 0.469 e. The normalized spacial score (nSPS) is 9.83. The number of hydrogen-bond donors (Lipinski definition) is 1. The van der Waals surface area contributed by atoms with Crippen LogP contribution in [0.2, 0.25) is 0 Å². The molecule has 0 aromatic carbocycles. The molecule has 2 aromatic rings. The Morgan fingerprint density at radius 1 is 1.22 bits per heavy atom. The number of hydrogen-bond acceptors (Lipinski definition) is 5. The molecule has 2 rings (SSSR count). The summed E-state index contributed by atoms with van der Waals surface area (Å²) >= 11 is 0. The molecule has 0 saturated heterocycles. The molecule has 7 heteroatoms. The fraction of sp³-hybridized carbons (Fsp3) is 0.0909. The zero-order chi connectivity index (χ0) is 12.8. The minimum Gasteiger partial charge on any atom is -0.469 e. The van der Waals surface area contributed by atoms with Crippen LogP contribution in [0, 0.1) is 0 Å². The number of rotatable bonds is 4. The van der Waals surface area contributed by atoms with E-state index < -0.39 is 5.91 Å². The Labute approximate surface area is 102 Å². The van der Waals surface area contributed by atoms with Gasteiger partial charge in [-0.15, -0.1) is 0 Å². The highest BCUT2D eigenvalue weighted by Gasteiger charge is 2.13. The predicted molar refractivity (Wildman–Crippen MR) is 59.2 cm³/mol. The van der Waals surface area contributed by atoms with Crippen LogP contribution in [0.1, 0.15) is 16.2 Å². The summed E-state index contributed by atoms with van der Waals surface area (Å²) in [6.45, 7) is 0.0461. The van der Waals surface area contributed by atoms with Crippen molar-refractivity contribution in [2.45, 2.75) is 6.61 Å². The third-order valence-electron chi connectivity index (χ3n) is 2.06. The van der Waals surface area contributed by atoms with E-state index in [9.17, 15) is 9.28 Å². The Morgan fingerprint density at radius 2 is 1.94 bits per heavy atom. The zero-order valence-electron chi connectivity index (χ0n) is 9.21. The molecule has 0 bridgehead atoms. The average molecular weight is 248 g/mol. The lowest BCUT2D eigenvalue weighted by Crippen LogP contribution is -2.16. The van der Waals surface area contributed by atoms with E-state index in [0.717, 1.165) is 5.54 Å². The first-order chi connectivity index (χ1) is 8.81. The Bertz CT molecular complexity index is 536. The van der Waals surface area contributed by atoms with Crippen molar-refractivity contribution < 1.29 is 14.0 Å². The van der Waals surface area contributed by atoms with E-state index in [4.69, 9.17) is 4.74 Å². The molecule has 0 radical (unpaired) electrons. The van der Waals surface area contributed by atoms with Crippen LogP contribution in [0.15, 0.2) is 36.8 Å². The van der Waals surface area contributed by atoms with E-state index in [0.29, 0.717) is 5.82 Å². The van der Waals surface area contributed by atoms with Gasteiger partial charge in [-0.25, -0.2) is 15.0 Å². The van der Waals surface area contributed by atoms with Crippen molar-refractivity contribution in [3.63, 3.8) is 0 Å². The smallest absolute Gasteiger partial charge is 0.284 e. The highest BCUT2D eigenvalue weighted by atomic mass is 19.2. The van der Waals surface area contributed by atoms with Gasteiger partial charge in [0.15, 0.2) is 5.82 Å². The molecule has 1 N–H and O–H groups in total. The van der Waals surface area contributed by atoms with E-state index in [-0.39, 0.29) is 18.1 Å². The first-order valence-corrected chi connectivity index (χ1v) is 5.06. The van der Waals surface area contributed by atoms with Crippen LogP contribution < -0.4 is 10.3 Å². The summed E-state index contributed by atoms with van der Waals surface area (Å²) in [5.41, 5.74) is 1.04. The Kier molecular flexibility index (Phi) is 3.75. The lowest BCUT2D eigenvalue weighted by molar-refractivity contribution is 0.0853. The Morgan fingerprint density at radius 3 is 2.67 bits per heavy atom. The summed E-state index contributed by atoms with van der Waals surface area (Å²) in [7, 11) is 0. The average Bonchev–Trinajstić information content (AvgIpc) is 2.45. The minimum absolute atomic E-state index is 0.0101. The molecule has 0 unspecified atom stereocenters. The molecule has 0 spiro atoms. The van der Waals surface area contributed by atoms with Crippen molar-refractivity contribution in [1.82, 2.24) is 20.5 Å². The van der Waals surface area contributed by atoms with Gasteiger partial charge in [0.2, 0.25) is 5.88 Å². The van der Waals surface area contributed by atoms with Gasteiger partial charge < -0.3 is 4.74 Å². The van der Waals surface area contributed by atoms with E-state index in [2.05, 4.69) is 15.0 Å². The molecule has 0 atom stereocenters. The second-order valence-electron chi connectivity index (χ2n) is 3.23. The number of carbonyl (C=O) groups excluding carboxylic acids is 1. The Balaban J connectivity index is 2.12. The van der Waals surface area contributed by atoms with Gasteiger partial charge in [-0.1, -0.05) is 4.48 Å². The summed E-state index contributed by atoms with van der Waals surface area (Å²) in [6, 6.07) is 4.59. The predicted octanol–water partition coefficient (Wildman–Crippen LogP) is 1.06. The van der Waals surface area contributed by atoms with Gasteiger partial charge in [-0.3, -0.25) is 4.79 Å². The maximum atomic E-state index is 12.1. The van der Waals surface area contributed by atoms with E-state index in [1.54, 1.807) is 18.5 Å². The van der Waals surface area contributed by atoms with Crippen LogP contribution in [0.5, 0.6) is 5.88 Å². The second-order valence-corrected chi connectivity index (χ2v) is 3.23. The van der Waals surface area contributed by atoms with E-state index >= 15 is 0 Å². The van der Waals surface area contributed by atoms with E-state index in [1.807, 2.05) is 0 Å². The van der Waals surface area contributed by atoms with Crippen molar-refractivity contribution >= 4 is 5.91 Å². The zero-order valence-corrected chi connectivity index (χ0v) is 9.21. The fourth-order valence-electron chi connectivity index (χ4n) is 1.27. The maximum Gasteiger partial charge on any atom is 0.284 e. The van der Waals surface area contributed by atoms with Crippen molar-refractivity contribution in [3.8, 4) is 5.88 Å². The lowest BCUT2D eigenvalue weighted by atomic mass is 10.2. The number of ether oxygens (including phenoxy) is 1. The van der Waals surface area contributed by atoms with Crippen molar-refractivity contribution in [3.05, 3.63) is 48.2 Å². The van der Waals surface area contributed by atoms with Crippen LogP contribution in [-0.2, 0) is 6.61 Å². The van der Waals surface area contributed by atoms with Gasteiger partial charge in [-0.2, -0.15) is 5.54 Å². The molecule has 0 aliphatic heterocycles. The van der Waals surface area contributed by atoms with Crippen LogP contribution in [0.4, 0.5) is 4.48 Å². The van der Waals surface area contributed by atoms with Crippen molar-refractivity contribution in [2.24, 2.45) is 0 Å². The molecule has 0 aliphatic rings. The second kappa shape index (κ2) is 5.67. The molecule has 18 heavy (non-hydrogen) atoms. The maximum absolute atomic E-state index is 12.1. The topological polar surface area (TPSA) is 77.0 Å². The fourth-order valence-corrected chi connectivity index (χ4v) is 1.27. The highest BCUT2D eigenvalue weighted by Crippen LogP contribution is 2.15. The van der Waals surface area contributed by atoms with Crippen molar-refractivity contribution in [2.75, 3.05) is 0 Å². The number of carbonyl (C=O) groups is 1. The van der Waals surface area contributed by atoms with Crippen LogP contribution >= 0.6 is 0 Å². The summed E-state index contributed by atoms with van der Waals surface area (Å²) < 4.78 is 17.4. The van der Waals surface area contributed by atoms with Gasteiger partial charge >= 0.3 is 0 Å². The molecular formula is C11H9FN4O2. The van der Waals surface area contributed by atoms with Gasteiger partial charge in [-0.05, 0) is 18.2 Å². The molecule has 1 amide bonds. The first-order valence-electron chi connectivity index (χ1n) is 5.06. The van der Waals surface area contributed by atoms with Crippen LogP contribution in [-0.4, -0.2) is 20.9 Å². The SMILES string of the molecule is O=C(NF)c1cccnc1OCc1ncccn1. The molecule has 92 valence electrons. The number of nitrogens with zero attached hydrogens (tertiary/aromatic N) is 3. The van der Waals surface area contributed by atoms with Gasteiger partial charge in [0.25, 0.3) is 5.91 Å². The quantitative estimate of drug-likeness (QED) is 0.819. The summed E-state index contributed by atoms with van der Waals surface area (Å²) in [5, 5.41) is 0. The molecule has 2 aromatic heterocycles. The standard InChI is InChI=1S/C11H9FN4O2/c12-16-10(17)8-3-1-4-15-11(8)18-7-9-13-5-2-6-14-9/h1-6H,7H2,(H,16,17). The lowest BCUT2D eigenvalue weighted by Gasteiger charge is -2.07. The third-order valence-corrected chi connectivity index (χ3v) is 2.06. The first kappa shape index (κ1) is 11.9. The van der Waals surface area contributed by atoms with Crippen LogP contribution in [0.3, 0.4) is 0 Å². The highest BCUT2D eigenvalue weighted by molar-refractivity contribution is 5.95. The molecule has 0 fully saturated rings. The summed E-state index contributed by atoms with van der Waals surface area (Å²) in [5.74, 6) is -0.443. The van der Waals surface area contributed by atoms with Gasteiger partial charge in [0.1, 0.15) is 12.2 Å². The minimum atomic E-state index is -0.910. The molecular weight excluding hydrogens is 239 g/mol. The van der Waals surface area contributed by atoms with Gasteiger partial charge in [0.05, 0.1) is 0 Å². The van der Waals surface area contributed by atoms with Gasteiger partial charge in [0, 0.05) is 18.6 Å². The monoisotopic (exact) mass is 248 g/mol. The third kappa shape index (κ3) is 2.76. The number of nitrogens with one attached hydrogen (secondary N) is 1. The summed E-state index contributed by atoms with van der Waals surface area (Å²) in [6.07, 6.45) is 4.58. The van der Waals surface area contributed by atoms with Crippen LogP contribution in [0.25, 0.3) is 0 Å². The van der Waals surface area contributed by atoms with Crippen molar-refractivity contribution in [1.29, 1.82) is 0 Å². The summed E-state index contributed by atoms with van der Waals surface area (Å²) in [4.78, 5) is 23.0.